The molecule has 1 N–H and O–H groups in total. The Morgan fingerprint density at radius 2 is 1.79 bits per heavy atom. The van der Waals surface area contributed by atoms with Gasteiger partial charge in [-0.3, -0.25) is 9.59 Å². The third kappa shape index (κ3) is 3.64. The summed E-state index contributed by atoms with van der Waals surface area (Å²) in [6, 6.07) is 20.8. The van der Waals surface area contributed by atoms with E-state index in [1.165, 1.54) is 0 Å². The molecule has 0 bridgehead atoms. The van der Waals surface area contributed by atoms with Gasteiger partial charge < -0.3 is 10.2 Å². The van der Waals surface area contributed by atoms with E-state index in [9.17, 15) is 9.59 Å². The molecule has 5 nitrogen and oxygen atoms in total. The molecule has 2 aromatic carbocycles. The first-order chi connectivity index (χ1) is 13.6. The van der Waals surface area contributed by atoms with Crippen LogP contribution in [0, 0.1) is 6.92 Å². The van der Waals surface area contributed by atoms with Crippen LogP contribution < -0.4 is 10.2 Å². The number of nitrogens with one attached hydrogen (secondary N) is 1. The van der Waals surface area contributed by atoms with Crippen LogP contribution in [0.4, 0.5) is 5.69 Å². The van der Waals surface area contributed by atoms with Gasteiger partial charge in [0, 0.05) is 18.8 Å². The van der Waals surface area contributed by atoms with Crippen LogP contribution >= 0.6 is 0 Å². The molecular formula is C23H21N3O2. The minimum atomic E-state index is -0.294. The van der Waals surface area contributed by atoms with E-state index < -0.39 is 0 Å². The Kier molecular flexibility index (Phi) is 4.89. The third-order valence-corrected chi connectivity index (χ3v) is 4.87. The Hall–Kier alpha value is -3.47. The zero-order chi connectivity index (χ0) is 19.5. The molecule has 0 unspecified atom stereocenters. The lowest BCUT2D eigenvalue weighted by Crippen LogP contribution is -2.31. The topological polar surface area (TPSA) is 62.3 Å². The first-order valence-electron chi connectivity index (χ1n) is 9.32. The minimum absolute atomic E-state index is 0.182. The second-order valence-corrected chi connectivity index (χ2v) is 6.92. The van der Waals surface area contributed by atoms with Crippen molar-refractivity contribution in [3.05, 3.63) is 94.8 Å². The fraction of sp³-hybridized carbons (Fsp3) is 0.174. The molecule has 1 aromatic heterocycles. The number of rotatable bonds is 4. The van der Waals surface area contributed by atoms with Crippen molar-refractivity contribution in [1.29, 1.82) is 0 Å². The number of hydrogen-bond acceptors (Lipinski definition) is 3. The van der Waals surface area contributed by atoms with Crippen LogP contribution in [-0.4, -0.2) is 23.3 Å². The number of aromatic nitrogens is 1. The number of anilines is 1. The molecule has 0 atom stereocenters. The maximum Gasteiger partial charge on any atom is 0.276 e. The Morgan fingerprint density at radius 3 is 2.64 bits per heavy atom. The summed E-state index contributed by atoms with van der Waals surface area (Å²) in [5, 5.41) is 2.87. The smallest absolute Gasteiger partial charge is 0.276 e. The largest absolute Gasteiger partial charge is 0.347 e. The van der Waals surface area contributed by atoms with Crippen LogP contribution in [0.15, 0.2) is 66.7 Å². The summed E-state index contributed by atoms with van der Waals surface area (Å²) in [6.45, 7) is 3.06. The van der Waals surface area contributed by atoms with Gasteiger partial charge in [0.15, 0.2) is 0 Å². The van der Waals surface area contributed by atoms with E-state index in [4.69, 9.17) is 0 Å². The molecule has 3 aromatic rings. The van der Waals surface area contributed by atoms with Crippen molar-refractivity contribution in [2.75, 3.05) is 11.4 Å². The Labute approximate surface area is 164 Å². The average Bonchev–Trinajstić information content (AvgIpc) is 3.16. The van der Waals surface area contributed by atoms with E-state index in [1.807, 2.05) is 55.5 Å². The summed E-state index contributed by atoms with van der Waals surface area (Å²) in [6.07, 6.45) is 0.832. The van der Waals surface area contributed by atoms with Gasteiger partial charge in [-0.05, 0) is 42.7 Å². The highest BCUT2D eigenvalue weighted by atomic mass is 16.2. The number of para-hydroxylation sites is 1. The van der Waals surface area contributed by atoms with Crippen LogP contribution in [0.25, 0.3) is 0 Å². The highest BCUT2D eigenvalue weighted by molar-refractivity contribution is 6.06. The number of aryl methyl sites for hydroxylation is 1. The highest BCUT2D eigenvalue weighted by Gasteiger charge is 2.26. The van der Waals surface area contributed by atoms with Crippen LogP contribution in [0.2, 0.25) is 0 Å². The van der Waals surface area contributed by atoms with Crippen molar-refractivity contribution in [2.45, 2.75) is 19.9 Å². The van der Waals surface area contributed by atoms with Crippen molar-refractivity contribution in [3.8, 4) is 0 Å². The maximum atomic E-state index is 12.9. The van der Waals surface area contributed by atoms with Gasteiger partial charge in [0.1, 0.15) is 11.4 Å². The fourth-order valence-corrected chi connectivity index (χ4v) is 3.46. The number of carbonyl (C=O) groups is 2. The monoisotopic (exact) mass is 371 g/mol. The summed E-state index contributed by atoms with van der Waals surface area (Å²) in [5.74, 6) is -0.476. The molecule has 5 heteroatoms. The van der Waals surface area contributed by atoms with Gasteiger partial charge in [-0.2, -0.15) is 0 Å². The van der Waals surface area contributed by atoms with E-state index in [0.717, 1.165) is 28.8 Å². The SMILES string of the molecule is Cc1cccc(CNC(=O)c2cccc(C(=O)N3CCc4ccccc43)n2)c1. The van der Waals surface area contributed by atoms with Gasteiger partial charge in [-0.15, -0.1) is 0 Å². The molecule has 28 heavy (non-hydrogen) atoms. The Bertz CT molecular complexity index is 1050. The van der Waals surface area contributed by atoms with Crippen molar-refractivity contribution >= 4 is 17.5 Å². The molecule has 1 aliphatic heterocycles. The summed E-state index contributed by atoms with van der Waals surface area (Å²) < 4.78 is 0. The van der Waals surface area contributed by atoms with Crippen molar-refractivity contribution < 1.29 is 9.59 Å². The average molecular weight is 371 g/mol. The fourth-order valence-electron chi connectivity index (χ4n) is 3.46. The number of hydrogen-bond donors (Lipinski definition) is 1. The number of nitrogens with zero attached hydrogens (tertiary/aromatic N) is 2. The molecule has 0 radical (unpaired) electrons. The zero-order valence-electron chi connectivity index (χ0n) is 15.7. The van der Waals surface area contributed by atoms with Crippen molar-refractivity contribution in [2.24, 2.45) is 0 Å². The molecule has 140 valence electrons. The number of pyridine rings is 1. The normalized spacial score (nSPS) is 12.5. The molecule has 4 rings (SSSR count). The van der Waals surface area contributed by atoms with E-state index >= 15 is 0 Å². The van der Waals surface area contributed by atoms with Gasteiger partial charge in [0.25, 0.3) is 11.8 Å². The maximum absolute atomic E-state index is 12.9. The molecule has 0 aliphatic carbocycles. The Balaban J connectivity index is 1.48. The number of carbonyl (C=O) groups excluding carboxylic acids is 2. The second-order valence-electron chi connectivity index (χ2n) is 6.92. The summed E-state index contributed by atoms with van der Waals surface area (Å²) in [7, 11) is 0. The molecule has 2 heterocycles. The predicted molar refractivity (Wildman–Crippen MR) is 108 cm³/mol. The third-order valence-electron chi connectivity index (χ3n) is 4.87. The predicted octanol–water partition coefficient (Wildman–Crippen LogP) is 3.52. The van der Waals surface area contributed by atoms with E-state index in [1.54, 1.807) is 23.1 Å². The first-order valence-corrected chi connectivity index (χ1v) is 9.32. The lowest BCUT2D eigenvalue weighted by molar-refractivity contribution is 0.0945. The quantitative estimate of drug-likeness (QED) is 0.763. The molecule has 0 spiro atoms. The van der Waals surface area contributed by atoms with Crippen LogP contribution in [-0.2, 0) is 13.0 Å². The van der Waals surface area contributed by atoms with Crippen LogP contribution in [0.1, 0.15) is 37.7 Å². The lowest BCUT2D eigenvalue weighted by atomic mass is 10.1. The van der Waals surface area contributed by atoms with Crippen molar-refractivity contribution in [3.63, 3.8) is 0 Å². The molecular weight excluding hydrogens is 350 g/mol. The minimum Gasteiger partial charge on any atom is -0.347 e. The van der Waals surface area contributed by atoms with E-state index in [0.29, 0.717) is 13.1 Å². The molecule has 0 saturated carbocycles. The van der Waals surface area contributed by atoms with Gasteiger partial charge >= 0.3 is 0 Å². The first kappa shape index (κ1) is 17.9. The molecule has 0 fully saturated rings. The van der Waals surface area contributed by atoms with Crippen LogP contribution in [0.3, 0.4) is 0 Å². The van der Waals surface area contributed by atoms with E-state index in [2.05, 4.69) is 10.3 Å². The zero-order valence-corrected chi connectivity index (χ0v) is 15.7. The van der Waals surface area contributed by atoms with Gasteiger partial charge in [0.05, 0.1) is 0 Å². The Morgan fingerprint density at radius 1 is 1.00 bits per heavy atom. The summed E-state index contributed by atoms with van der Waals surface area (Å²) in [4.78, 5) is 31.5. The highest BCUT2D eigenvalue weighted by Crippen LogP contribution is 2.28. The summed E-state index contributed by atoms with van der Waals surface area (Å²) >= 11 is 0. The molecule has 0 saturated heterocycles. The van der Waals surface area contributed by atoms with E-state index in [-0.39, 0.29) is 23.2 Å². The lowest BCUT2D eigenvalue weighted by Gasteiger charge is -2.17. The van der Waals surface area contributed by atoms with Crippen LogP contribution in [0.5, 0.6) is 0 Å². The van der Waals surface area contributed by atoms with Gasteiger partial charge in [-0.25, -0.2) is 4.98 Å². The van der Waals surface area contributed by atoms with Gasteiger partial charge in [-0.1, -0.05) is 54.1 Å². The number of amides is 2. The van der Waals surface area contributed by atoms with Crippen molar-refractivity contribution in [1.82, 2.24) is 10.3 Å². The molecule has 1 aliphatic rings. The molecule has 2 amide bonds. The van der Waals surface area contributed by atoms with Gasteiger partial charge in [0.2, 0.25) is 0 Å². The number of fused-ring (bicyclic) bond motifs is 1. The standard InChI is InChI=1S/C23H21N3O2/c1-16-6-4-7-17(14-16)15-24-22(27)19-9-5-10-20(25-19)23(28)26-13-12-18-8-2-3-11-21(18)26/h2-11,14H,12-13,15H2,1H3,(H,24,27). The second kappa shape index (κ2) is 7.64. The summed E-state index contributed by atoms with van der Waals surface area (Å²) in [5.41, 5.74) is 4.76. The number of benzene rings is 2.